The van der Waals surface area contributed by atoms with Crippen LogP contribution in [0.25, 0.3) is 0 Å². The maximum atomic E-state index is 2.37. The highest BCUT2D eigenvalue weighted by Crippen LogP contribution is 2.57. The fourth-order valence-corrected chi connectivity index (χ4v) is 4.86. The summed E-state index contributed by atoms with van der Waals surface area (Å²) in [6, 6.07) is 0. The van der Waals surface area contributed by atoms with Gasteiger partial charge in [-0.15, -0.1) is 0 Å². The minimum atomic E-state index is -0.439. The summed E-state index contributed by atoms with van der Waals surface area (Å²) < 4.78 is 0. The summed E-state index contributed by atoms with van der Waals surface area (Å²) in [7, 11) is -0.439. The van der Waals surface area contributed by atoms with E-state index in [2.05, 4.69) is 27.7 Å². The van der Waals surface area contributed by atoms with Crippen LogP contribution >= 0.6 is 7.26 Å². The van der Waals surface area contributed by atoms with E-state index in [-0.39, 0.29) is 4.70 Å². The van der Waals surface area contributed by atoms with Crippen molar-refractivity contribution >= 4 is 7.26 Å². The van der Waals surface area contributed by atoms with Crippen LogP contribution in [0.2, 0.25) is 0 Å². The van der Waals surface area contributed by atoms with Gasteiger partial charge in [-0.3, -0.25) is 0 Å². The first kappa shape index (κ1) is 13.9. The summed E-state index contributed by atoms with van der Waals surface area (Å²) in [4.78, 5) is 0. The molecule has 0 saturated heterocycles. The Hall–Kier alpha value is 0.360. The average molecular weight is 180 g/mol. The molecule has 0 aliphatic heterocycles. The molecule has 0 aromatic rings. The van der Waals surface area contributed by atoms with Crippen LogP contribution in [0.1, 0.15) is 34.1 Å². The molecule has 0 radical (unpaired) electrons. The van der Waals surface area contributed by atoms with E-state index in [9.17, 15) is 0 Å². The highest BCUT2D eigenvalue weighted by atomic mass is 31.2. The Bertz CT molecular complexity index is 71.4. The molecular formula is C9H22FP. The van der Waals surface area contributed by atoms with Gasteiger partial charge in [-0.05, 0) is 27.2 Å². The molecule has 0 spiro atoms. The molecule has 0 heterocycles. The summed E-state index contributed by atoms with van der Waals surface area (Å²) in [5.74, 6) is 0. The first-order chi connectivity index (χ1) is 4.74. The Morgan fingerprint density at radius 1 is 0.818 bits per heavy atom. The lowest BCUT2D eigenvalue weighted by molar-refractivity contribution is -0.00000245. The van der Waals surface area contributed by atoms with E-state index < -0.39 is 7.26 Å². The zero-order valence-electron chi connectivity index (χ0n) is 8.36. The second-order valence-corrected chi connectivity index (χ2v) is 8.04. The molecule has 0 saturated carbocycles. The molecule has 0 fully saturated rings. The smallest absolute Gasteiger partial charge is 0.0591 e. The second kappa shape index (κ2) is 7.03. The van der Waals surface area contributed by atoms with Crippen LogP contribution in [0, 0.1) is 0 Å². The zero-order chi connectivity index (χ0) is 8.04. The van der Waals surface area contributed by atoms with E-state index >= 15 is 0 Å². The van der Waals surface area contributed by atoms with E-state index in [0.29, 0.717) is 0 Å². The van der Waals surface area contributed by atoms with Gasteiger partial charge in [0.15, 0.2) is 0 Å². The van der Waals surface area contributed by atoms with Crippen LogP contribution in [-0.2, 0) is 0 Å². The minimum absolute atomic E-state index is 0. The van der Waals surface area contributed by atoms with Crippen molar-refractivity contribution in [1.82, 2.24) is 0 Å². The van der Waals surface area contributed by atoms with Crippen LogP contribution in [0.4, 0.5) is 0 Å². The molecule has 0 unspecified atom stereocenters. The second-order valence-electron chi connectivity index (χ2n) is 3.01. The molecule has 0 atom stereocenters. The van der Waals surface area contributed by atoms with Crippen molar-refractivity contribution in [3.8, 4) is 0 Å². The van der Waals surface area contributed by atoms with Crippen LogP contribution < -0.4 is 4.70 Å². The van der Waals surface area contributed by atoms with Crippen LogP contribution in [0.5, 0.6) is 0 Å². The topological polar surface area (TPSA) is 0 Å². The monoisotopic (exact) mass is 180 g/mol. The molecule has 0 aliphatic carbocycles. The van der Waals surface area contributed by atoms with Gasteiger partial charge >= 0.3 is 0 Å². The summed E-state index contributed by atoms with van der Waals surface area (Å²) in [6.45, 7) is 9.43. The maximum absolute atomic E-state index is 2.37. The van der Waals surface area contributed by atoms with Gasteiger partial charge < -0.3 is 4.70 Å². The van der Waals surface area contributed by atoms with Crippen molar-refractivity contribution in [2.24, 2.45) is 0 Å². The molecule has 11 heavy (non-hydrogen) atoms. The fourth-order valence-electron chi connectivity index (χ4n) is 1.62. The third-order valence-corrected chi connectivity index (χ3v) is 8.13. The van der Waals surface area contributed by atoms with Crippen molar-refractivity contribution in [2.45, 2.75) is 34.1 Å². The Morgan fingerprint density at radius 3 is 1.27 bits per heavy atom. The number of halogens is 1. The summed E-state index contributed by atoms with van der Waals surface area (Å²) in [5.41, 5.74) is 0. The Balaban J connectivity index is 0. The minimum Gasteiger partial charge on any atom is -1.00 e. The van der Waals surface area contributed by atoms with E-state index in [1.165, 1.54) is 31.1 Å². The van der Waals surface area contributed by atoms with Crippen LogP contribution in [0.3, 0.4) is 0 Å². The zero-order valence-corrected chi connectivity index (χ0v) is 9.26. The molecule has 0 rings (SSSR count). The average Bonchev–Trinajstić information content (AvgIpc) is 2.01. The van der Waals surface area contributed by atoms with Gasteiger partial charge in [0.05, 0.1) is 24.6 Å². The quantitative estimate of drug-likeness (QED) is 0.540. The third kappa shape index (κ3) is 4.06. The van der Waals surface area contributed by atoms with Crippen molar-refractivity contribution in [1.29, 1.82) is 0 Å². The molecule has 0 aromatic heterocycles. The Kier molecular flexibility index (Phi) is 8.90. The third-order valence-electron chi connectivity index (χ3n) is 2.71. The maximum Gasteiger partial charge on any atom is 0.0591 e. The van der Waals surface area contributed by atoms with Crippen molar-refractivity contribution in [3.05, 3.63) is 0 Å². The lowest BCUT2D eigenvalue weighted by atomic mass is 10.6. The molecule has 0 nitrogen and oxygen atoms in total. The summed E-state index contributed by atoms with van der Waals surface area (Å²) in [5, 5.41) is 0. The van der Waals surface area contributed by atoms with Crippen molar-refractivity contribution < 1.29 is 4.70 Å². The standard InChI is InChI=1S/C9H22P.FH/c1-5-9-10(6-2,7-3)8-4;/h5-9H2,1-4H3;1H/q+1;/p-1. The highest BCUT2D eigenvalue weighted by Gasteiger charge is 2.28. The molecule has 0 amide bonds. The molecule has 0 aromatic carbocycles. The summed E-state index contributed by atoms with van der Waals surface area (Å²) >= 11 is 0. The normalized spacial score (nSPS) is 10.9. The van der Waals surface area contributed by atoms with Crippen LogP contribution in [-0.4, -0.2) is 24.6 Å². The van der Waals surface area contributed by atoms with E-state index in [0.717, 1.165) is 0 Å². The Morgan fingerprint density at radius 2 is 1.18 bits per heavy atom. The van der Waals surface area contributed by atoms with E-state index in [1.54, 1.807) is 0 Å². The molecule has 70 valence electrons. The molecular weight excluding hydrogens is 158 g/mol. The van der Waals surface area contributed by atoms with Crippen molar-refractivity contribution in [3.63, 3.8) is 0 Å². The SMILES string of the molecule is CCC[P+](CC)(CC)CC.[F-]. The Labute approximate surface area is 71.5 Å². The fraction of sp³-hybridized carbons (Fsp3) is 1.00. The predicted molar refractivity (Wildman–Crippen MR) is 53.7 cm³/mol. The summed E-state index contributed by atoms with van der Waals surface area (Å²) in [6.07, 6.45) is 7.31. The van der Waals surface area contributed by atoms with Crippen molar-refractivity contribution in [2.75, 3.05) is 24.6 Å². The van der Waals surface area contributed by atoms with Gasteiger partial charge in [-0.25, -0.2) is 0 Å². The lowest BCUT2D eigenvalue weighted by Crippen LogP contribution is -3.00. The van der Waals surface area contributed by atoms with E-state index in [4.69, 9.17) is 0 Å². The molecule has 0 bridgehead atoms. The lowest BCUT2D eigenvalue weighted by Gasteiger charge is -2.22. The predicted octanol–water partition coefficient (Wildman–Crippen LogP) is 0.478. The number of hydrogen-bond donors (Lipinski definition) is 0. The van der Waals surface area contributed by atoms with Crippen LogP contribution in [0.15, 0.2) is 0 Å². The first-order valence-electron chi connectivity index (χ1n) is 4.59. The van der Waals surface area contributed by atoms with Gasteiger partial charge in [-0.1, -0.05) is 6.92 Å². The molecule has 0 aliphatic rings. The number of rotatable bonds is 5. The van der Waals surface area contributed by atoms with Gasteiger partial charge in [-0.2, -0.15) is 0 Å². The van der Waals surface area contributed by atoms with Gasteiger partial charge in [0.25, 0.3) is 0 Å². The van der Waals surface area contributed by atoms with E-state index in [1.807, 2.05) is 0 Å². The molecule has 0 N–H and O–H groups in total. The van der Waals surface area contributed by atoms with Gasteiger partial charge in [0.1, 0.15) is 0 Å². The van der Waals surface area contributed by atoms with Gasteiger partial charge in [0, 0.05) is 7.26 Å². The molecule has 2 heteroatoms. The first-order valence-corrected chi connectivity index (χ1v) is 7.12. The largest absolute Gasteiger partial charge is 1.00 e. The highest BCUT2D eigenvalue weighted by molar-refractivity contribution is 7.75. The number of hydrogen-bond acceptors (Lipinski definition) is 0. The van der Waals surface area contributed by atoms with Gasteiger partial charge in [0.2, 0.25) is 0 Å².